The highest BCUT2D eigenvalue weighted by atomic mass is 35.5. The fraction of sp³-hybridized carbons (Fsp3) is 0.579. The second-order valence-electron chi connectivity index (χ2n) is 7.47. The molecule has 6 heteroatoms. The fourth-order valence-corrected chi connectivity index (χ4v) is 3.89. The third-order valence-electron chi connectivity index (χ3n) is 5.83. The lowest BCUT2D eigenvalue weighted by Gasteiger charge is -2.39. The van der Waals surface area contributed by atoms with E-state index in [0.717, 1.165) is 5.56 Å². The van der Waals surface area contributed by atoms with E-state index in [-0.39, 0.29) is 29.3 Å². The van der Waals surface area contributed by atoms with Crippen molar-refractivity contribution in [1.82, 2.24) is 10.6 Å². The Labute approximate surface area is 153 Å². The molecule has 0 saturated heterocycles. The highest BCUT2D eigenvalue weighted by Crippen LogP contribution is 2.56. The standard InChI is InChI=1S/C19H26ClFN2O2/c1-5-22-16(24)13-8-9-19(4,18(13,2)3)17(25)23-11-12-6-7-15(21)14(20)10-12/h6-7,10,13H,5,8-9,11H2,1-4H3,(H,22,24)(H,23,25)/t13-,19+/m0/s1. The second kappa shape index (κ2) is 7.32. The average molecular weight is 369 g/mol. The van der Waals surface area contributed by atoms with Gasteiger partial charge in [-0.25, -0.2) is 4.39 Å². The number of carbonyl (C=O) groups is 2. The molecule has 138 valence electrons. The molecule has 0 radical (unpaired) electrons. The first kappa shape index (κ1) is 19.7. The van der Waals surface area contributed by atoms with Gasteiger partial charge in [0.2, 0.25) is 11.8 Å². The maximum Gasteiger partial charge on any atom is 0.226 e. The summed E-state index contributed by atoms with van der Waals surface area (Å²) in [5, 5.41) is 5.83. The van der Waals surface area contributed by atoms with Crippen molar-refractivity contribution >= 4 is 23.4 Å². The zero-order chi connectivity index (χ0) is 18.8. The molecule has 2 amide bonds. The van der Waals surface area contributed by atoms with Crippen LogP contribution in [0.15, 0.2) is 18.2 Å². The van der Waals surface area contributed by atoms with Crippen molar-refractivity contribution in [2.75, 3.05) is 6.54 Å². The van der Waals surface area contributed by atoms with Gasteiger partial charge >= 0.3 is 0 Å². The van der Waals surface area contributed by atoms with E-state index in [1.165, 1.54) is 12.1 Å². The summed E-state index contributed by atoms with van der Waals surface area (Å²) in [6.45, 7) is 8.62. The summed E-state index contributed by atoms with van der Waals surface area (Å²) in [5.41, 5.74) is -0.372. The Hall–Kier alpha value is -1.62. The molecule has 1 aliphatic carbocycles. The van der Waals surface area contributed by atoms with Gasteiger partial charge in [0.25, 0.3) is 0 Å². The molecule has 0 aromatic heterocycles. The monoisotopic (exact) mass is 368 g/mol. The van der Waals surface area contributed by atoms with Crippen LogP contribution in [0.2, 0.25) is 5.02 Å². The van der Waals surface area contributed by atoms with Crippen LogP contribution in [-0.4, -0.2) is 18.4 Å². The van der Waals surface area contributed by atoms with Crippen molar-refractivity contribution in [3.05, 3.63) is 34.6 Å². The molecular formula is C19H26ClFN2O2. The maximum absolute atomic E-state index is 13.2. The number of benzene rings is 1. The topological polar surface area (TPSA) is 58.2 Å². The lowest BCUT2D eigenvalue weighted by molar-refractivity contribution is -0.139. The summed E-state index contributed by atoms with van der Waals surface area (Å²) in [4.78, 5) is 25.2. The Morgan fingerprint density at radius 2 is 1.96 bits per heavy atom. The van der Waals surface area contributed by atoms with E-state index in [4.69, 9.17) is 11.6 Å². The summed E-state index contributed by atoms with van der Waals surface area (Å²) in [7, 11) is 0. The minimum Gasteiger partial charge on any atom is -0.356 e. The van der Waals surface area contributed by atoms with Gasteiger partial charge in [0.1, 0.15) is 5.82 Å². The first-order valence-electron chi connectivity index (χ1n) is 8.63. The molecule has 1 aliphatic rings. The van der Waals surface area contributed by atoms with Gasteiger partial charge in [0.15, 0.2) is 0 Å². The summed E-state index contributed by atoms with van der Waals surface area (Å²) < 4.78 is 13.2. The summed E-state index contributed by atoms with van der Waals surface area (Å²) >= 11 is 5.78. The Morgan fingerprint density at radius 1 is 1.28 bits per heavy atom. The quantitative estimate of drug-likeness (QED) is 0.833. The Morgan fingerprint density at radius 3 is 2.56 bits per heavy atom. The van der Waals surface area contributed by atoms with Crippen molar-refractivity contribution in [3.63, 3.8) is 0 Å². The fourth-order valence-electron chi connectivity index (χ4n) is 3.69. The molecule has 1 saturated carbocycles. The molecule has 0 heterocycles. The zero-order valence-electron chi connectivity index (χ0n) is 15.2. The molecular weight excluding hydrogens is 343 g/mol. The van der Waals surface area contributed by atoms with E-state index in [1.807, 2.05) is 27.7 Å². The Bertz CT molecular complexity index is 677. The Kier molecular flexibility index (Phi) is 5.77. The second-order valence-corrected chi connectivity index (χ2v) is 7.88. The van der Waals surface area contributed by atoms with Gasteiger partial charge in [-0.1, -0.05) is 38.4 Å². The van der Waals surface area contributed by atoms with E-state index in [9.17, 15) is 14.0 Å². The highest BCUT2D eigenvalue weighted by molar-refractivity contribution is 6.30. The SMILES string of the molecule is CCNC(=O)[C@@H]1CC[C@](C)(C(=O)NCc2ccc(F)c(Cl)c2)C1(C)C. The lowest BCUT2D eigenvalue weighted by atomic mass is 9.65. The normalized spacial score (nSPS) is 24.8. The van der Waals surface area contributed by atoms with Gasteiger partial charge < -0.3 is 10.6 Å². The minimum atomic E-state index is -0.646. The summed E-state index contributed by atoms with van der Waals surface area (Å²) in [5.74, 6) is -0.757. The van der Waals surface area contributed by atoms with Crippen LogP contribution < -0.4 is 10.6 Å². The summed E-state index contributed by atoms with van der Waals surface area (Å²) in [6, 6.07) is 4.40. The minimum absolute atomic E-state index is 0.00865. The van der Waals surface area contributed by atoms with Gasteiger partial charge in [-0.05, 0) is 42.9 Å². The molecule has 0 spiro atoms. The largest absolute Gasteiger partial charge is 0.356 e. The summed E-state index contributed by atoms with van der Waals surface area (Å²) in [6.07, 6.45) is 1.34. The van der Waals surface area contributed by atoms with Crippen LogP contribution in [0.4, 0.5) is 4.39 Å². The third-order valence-corrected chi connectivity index (χ3v) is 6.12. The number of rotatable bonds is 5. The number of hydrogen-bond acceptors (Lipinski definition) is 2. The molecule has 25 heavy (non-hydrogen) atoms. The maximum atomic E-state index is 13.2. The predicted molar refractivity (Wildman–Crippen MR) is 96.6 cm³/mol. The van der Waals surface area contributed by atoms with Gasteiger partial charge in [0, 0.05) is 19.0 Å². The number of carbonyl (C=O) groups excluding carboxylic acids is 2. The molecule has 2 rings (SSSR count). The van der Waals surface area contributed by atoms with Gasteiger partial charge in [-0.15, -0.1) is 0 Å². The number of nitrogens with one attached hydrogen (secondary N) is 2. The van der Waals surface area contributed by atoms with Crippen LogP contribution in [0.3, 0.4) is 0 Å². The molecule has 4 nitrogen and oxygen atoms in total. The molecule has 0 unspecified atom stereocenters. The van der Waals surface area contributed by atoms with Crippen LogP contribution >= 0.6 is 11.6 Å². The number of amides is 2. The van der Waals surface area contributed by atoms with Crippen LogP contribution in [0.5, 0.6) is 0 Å². The zero-order valence-corrected chi connectivity index (χ0v) is 16.0. The smallest absolute Gasteiger partial charge is 0.226 e. The molecule has 1 aromatic rings. The molecule has 0 bridgehead atoms. The van der Waals surface area contributed by atoms with Crippen molar-refractivity contribution in [1.29, 1.82) is 0 Å². The molecule has 2 N–H and O–H groups in total. The molecule has 0 aliphatic heterocycles. The van der Waals surface area contributed by atoms with E-state index < -0.39 is 16.6 Å². The van der Waals surface area contributed by atoms with Crippen LogP contribution in [0, 0.1) is 22.6 Å². The van der Waals surface area contributed by atoms with E-state index >= 15 is 0 Å². The highest BCUT2D eigenvalue weighted by Gasteiger charge is 2.57. The van der Waals surface area contributed by atoms with E-state index in [1.54, 1.807) is 6.07 Å². The molecule has 2 atom stereocenters. The van der Waals surface area contributed by atoms with Gasteiger partial charge in [-0.2, -0.15) is 0 Å². The van der Waals surface area contributed by atoms with Gasteiger partial charge in [0.05, 0.1) is 10.4 Å². The first-order valence-corrected chi connectivity index (χ1v) is 9.01. The first-order chi connectivity index (χ1) is 11.6. The van der Waals surface area contributed by atoms with Crippen LogP contribution in [0.1, 0.15) is 46.1 Å². The third kappa shape index (κ3) is 3.66. The van der Waals surface area contributed by atoms with Gasteiger partial charge in [-0.3, -0.25) is 9.59 Å². The Balaban J connectivity index is 2.09. The number of halogens is 2. The van der Waals surface area contributed by atoms with Crippen molar-refractivity contribution in [3.8, 4) is 0 Å². The van der Waals surface area contributed by atoms with Crippen LogP contribution in [-0.2, 0) is 16.1 Å². The molecule has 1 aromatic carbocycles. The van der Waals surface area contributed by atoms with Crippen molar-refractivity contribution in [2.45, 2.75) is 47.1 Å². The van der Waals surface area contributed by atoms with Crippen LogP contribution in [0.25, 0.3) is 0 Å². The van der Waals surface area contributed by atoms with Crippen molar-refractivity contribution in [2.24, 2.45) is 16.7 Å². The average Bonchev–Trinajstić information content (AvgIpc) is 2.79. The van der Waals surface area contributed by atoms with E-state index in [2.05, 4.69) is 10.6 Å². The molecule has 1 fully saturated rings. The van der Waals surface area contributed by atoms with E-state index in [0.29, 0.717) is 19.4 Å². The predicted octanol–water partition coefficient (Wildman–Crippen LogP) is 3.67. The lowest BCUT2D eigenvalue weighted by Crippen LogP contribution is -2.49. The van der Waals surface area contributed by atoms with Crippen molar-refractivity contribution < 1.29 is 14.0 Å². The number of hydrogen-bond donors (Lipinski definition) is 2.